The second kappa shape index (κ2) is 13.8. The third-order valence-corrected chi connectivity index (χ3v) is 17.2. The van der Waals surface area contributed by atoms with Gasteiger partial charge < -0.3 is 49.6 Å². The van der Waals surface area contributed by atoms with Crippen molar-refractivity contribution in [3.05, 3.63) is 11.6 Å². The highest BCUT2D eigenvalue weighted by atomic mass is 16.7. The molecule has 0 amide bonds. The molecule has 6 unspecified atom stereocenters. The molecule has 2 saturated heterocycles. The Morgan fingerprint density at radius 1 is 0.818 bits per heavy atom. The van der Waals surface area contributed by atoms with Crippen molar-refractivity contribution in [1.82, 2.24) is 0 Å². The topological polar surface area (TPSA) is 210 Å². The van der Waals surface area contributed by atoms with Crippen LogP contribution in [0.2, 0.25) is 0 Å². The van der Waals surface area contributed by atoms with E-state index in [-0.39, 0.29) is 46.6 Å². The van der Waals surface area contributed by atoms with Crippen LogP contribution in [0.1, 0.15) is 113 Å². The van der Waals surface area contributed by atoms with Gasteiger partial charge in [0.05, 0.1) is 12.0 Å². The van der Waals surface area contributed by atoms with Crippen molar-refractivity contribution in [3.8, 4) is 0 Å². The average Bonchev–Trinajstić information content (AvgIpc) is 3.10. The normalized spacial score (nSPS) is 51.6. The largest absolute Gasteiger partial charge is 0.481 e. The van der Waals surface area contributed by atoms with Crippen LogP contribution in [0.4, 0.5) is 0 Å². The highest BCUT2D eigenvalue weighted by molar-refractivity contribution is 5.87. The van der Waals surface area contributed by atoms with Gasteiger partial charge in [-0.1, -0.05) is 60.1 Å². The first-order chi connectivity index (χ1) is 25.6. The molecule has 5 aliphatic carbocycles. The highest BCUT2D eigenvalue weighted by Crippen LogP contribution is 2.76. The van der Waals surface area contributed by atoms with Crippen molar-refractivity contribution < 1.29 is 64.0 Å². The first kappa shape index (κ1) is 41.2. The number of allylic oxidation sites excluding steroid dienone is 2. The summed E-state index contributed by atoms with van der Waals surface area (Å²) in [7, 11) is 0. The zero-order valence-electron chi connectivity index (χ0n) is 33.5. The van der Waals surface area contributed by atoms with Crippen LogP contribution in [-0.4, -0.2) is 111 Å². The lowest BCUT2D eigenvalue weighted by Crippen LogP contribution is -2.67. The first-order valence-electron chi connectivity index (χ1n) is 20.5. The molecule has 0 aromatic heterocycles. The molecule has 4 saturated carbocycles. The van der Waals surface area contributed by atoms with E-state index in [1.807, 2.05) is 0 Å². The quantitative estimate of drug-likeness (QED) is 0.162. The Labute approximate surface area is 324 Å². The maximum absolute atomic E-state index is 14.7. The van der Waals surface area contributed by atoms with Crippen LogP contribution in [0.15, 0.2) is 11.6 Å². The number of rotatable bonds is 7. The van der Waals surface area contributed by atoms with Crippen LogP contribution < -0.4 is 0 Å². The second-order valence-electron chi connectivity index (χ2n) is 20.5. The Balaban J connectivity index is 1.15. The lowest BCUT2D eigenvalue weighted by Gasteiger charge is -2.71. The van der Waals surface area contributed by atoms with Crippen LogP contribution in [0.5, 0.6) is 0 Å². The average molecular weight is 777 g/mol. The molecule has 310 valence electrons. The number of aliphatic hydroxyl groups is 5. The molecule has 2 aliphatic heterocycles. The van der Waals surface area contributed by atoms with Crippen molar-refractivity contribution in [2.45, 2.75) is 168 Å². The zero-order valence-corrected chi connectivity index (χ0v) is 33.5. The van der Waals surface area contributed by atoms with Gasteiger partial charge in [0.1, 0.15) is 42.7 Å². The van der Waals surface area contributed by atoms with Gasteiger partial charge >= 0.3 is 5.97 Å². The summed E-state index contributed by atoms with van der Waals surface area (Å²) in [6.07, 6.45) is -4.19. The molecule has 2 heterocycles. The van der Waals surface area contributed by atoms with E-state index in [2.05, 4.69) is 54.5 Å². The van der Waals surface area contributed by atoms with Crippen molar-refractivity contribution in [2.75, 3.05) is 6.61 Å². The van der Waals surface area contributed by atoms with Gasteiger partial charge in [0.15, 0.2) is 12.1 Å². The molecule has 0 spiro atoms. The van der Waals surface area contributed by atoms with Crippen molar-refractivity contribution in [3.63, 3.8) is 0 Å². The minimum Gasteiger partial charge on any atom is -0.481 e. The van der Waals surface area contributed by atoms with E-state index < -0.39 is 83.8 Å². The van der Waals surface area contributed by atoms with Crippen molar-refractivity contribution >= 4 is 18.2 Å². The molecular formula is C42H64O13. The van der Waals surface area contributed by atoms with E-state index in [0.717, 1.165) is 44.9 Å². The molecule has 17 atom stereocenters. The summed E-state index contributed by atoms with van der Waals surface area (Å²) < 4.78 is 22.0. The first-order valence-corrected chi connectivity index (χ1v) is 20.5. The van der Waals surface area contributed by atoms with Crippen LogP contribution in [0, 0.1) is 56.2 Å². The fraction of sp³-hybridized carbons (Fsp3) is 0.881. The number of ketones is 1. The van der Waals surface area contributed by atoms with E-state index >= 15 is 0 Å². The van der Waals surface area contributed by atoms with Crippen molar-refractivity contribution in [2.24, 2.45) is 56.2 Å². The maximum Gasteiger partial charge on any atom is 0.310 e. The monoisotopic (exact) mass is 776 g/mol. The standard InChI is InChI=1S/C42H64O13/c1-37(2)14-16-42(36(50)51)17-15-40(6)21(23(42)18-37)8-9-26-39(5)12-10-22(38(3,4)25(39)11-13-41(26,40)7)27(45)32-30(48)33(31(49)35(54-32)53-20-43)55-34-29(47)28(46)24(44)19-52-34/h8,20,22-26,28-35,44,46-49H,9-19H2,1-7H3,(H,50,51)/t22-,23?,24+,25?,26?,28-,29?,30?,31-,32-,33+,34-,35?,39-,40+,41+,42-/m0/s1. The van der Waals surface area contributed by atoms with Crippen LogP contribution in [0.25, 0.3) is 0 Å². The number of ether oxygens (including phenoxy) is 4. The second-order valence-corrected chi connectivity index (χ2v) is 20.5. The molecular weight excluding hydrogens is 712 g/mol. The summed E-state index contributed by atoms with van der Waals surface area (Å²) in [5, 5.41) is 64.0. The van der Waals surface area contributed by atoms with Gasteiger partial charge in [-0.3, -0.25) is 14.4 Å². The van der Waals surface area contributed by atoms with Gasteiger partial charge in [0.25, 0.3) is 6.47 Å². The Morgan fingerprint density at radius 2 is 1.51 bits per heavy atom. The highest BCUT2D eigenvalue weighted by Gasteiger charge is 2.70. The smallest absolute Gasteiger partial charge is 0.310 e. The minimum atomic E-state index is -1.77. The predicted molar refractivity (Wildman–Crippen MR) is 196 cm³/mol. The molecule has 7 aliphatic rings. The summed E-state index contributed by atoms with van der Waals surface area (Å²) in [6, 6.07) is 0. The van der Waals surface area contributed by atoms with Gasteiger partial charge in [-0.25, -0.2) is 0 Å². The summed E-state index contributed by atoms with van der Waals surface area (Å²) in [5.41, 5.74) is -0.166. The summed E-state index contributed by atoms with van der Waals surface area (Å²) in [4.78, 5) is 39.2. The molecule has 0 radical (unpaired) electrons. The Kier molecular flexibility index (Phi) is 10.3. The molecule has 13 nitrogen and oxygen atoms in total. The van der Waals surface area contributed by atoms with E-state index in [9.17, 15) is 45.0 Å². The fourth-order valence-electron chi connectivity index (χ4n) is 13.8. The molecule has 55 heavy (non-hydrogen) atoms. The number of carbonyl (C=O) groups is 3. The lowest BCUT2D eigenvalue weighted by atomic mass is 9.33. The third kappa shape index (κ3) is 6.02. The maximum atomic E-state index is 14.7. The van der Waals surface area contributed by atoms with Crippen LogP contribution >= 0.6 is 0 Å². The van der Waals surface area contributed by atoms with E-state index in [1.165, 1.54) is 5.57 Å². The number of carbonyl (C=O) groups excluding carboxylic acids is 2. The zero-order chi connectivity index (χ0) is 40.3. The number of carboxylic acids is 1. The molecule has 0 bridgehead atoms. The number of Topliss-reactive ketones (excluding diaryl/α,β-unsaturated/α-hetero) is 1. The SMILES string of the molecule is CC1(C)CC[C@]2(C(=O)O)CC[C@]3(C)C(=CCC4[C@@]5(C)CC[C@@H](C(=O)[C@@H]6OC(OC=O)[C@@H](O)[C@H](O[C@@H]7OC[C@@H](O)[C@H](O)C7O)C6O)C(C)(C)C5CC[C@]43C)C2C1. The molecule has 13 heteroatoms. The van der Waals surface area contributed by atoms with Gasteiger partial charge in [-0.05, 0) is 109 Å². The summed E-state index contributed by atoms with van der Waals surface area (Å²) >= 11 is 0. The van der Waals surface area contributed by atoms with E-state index in [0.29, 0.717) is 25.2 Å². The van der Waals surface area contributed by atoms with Gasteiger partial charge in [0.2, 0.25) is 6.29 Å². The lowest BCUT2D eigenvalue weighted by molar-refractivity contribution is -0.338. The number of aliphatic carboxylic acids is 1. The summed E-state index contributed by atoms with van der Waals surface area (Å²) in [6.45, 7) is 15.7. The molecule has 7 rings (SSSR count). The molecule has 0 aromatic rings. The predicted octanol–water partition coefficient (Wildman–Crippen LogP) is 3.50. The number of hydrogen-bond donors (Lipinski definition) is 6. The van der Waals surface area contributed by atoms with Crippen LogP contribution in [-0.2, 0) is 33.3 Å². The van der Waals surface area contributed by atoms with E-state index in [1.54, 1.807) is 0 Å². The Bertz CT molecular complexity index is 1560. The van der Waals surface area contributed by atoms with Gasteiger partial charge in [0, 0.05) is 5.92 Å². The third-order valence-electron chi connectivity index (χ3n) is 17.2. The Morgan fingerprint density at radius 3 is 2.18 bits per heavy atom. The fourth-order valence-corrected chi connectivity index (χ4v) is 13.8. The minimum absolute atomic E-state index is 0.0190. The van der Waals surface area contributed by atoms with Crippen LogP contribution in [0.3, 0.4) is 0 Å². The number of fused-ring (bicyclic) bond motifs is 7. The number of hydrogen-bond acceptors (Lipinski definition) is 12. The number of aliphatic hydroxyl groups excluding tert-OH is 5. The van der Waals surface area contributed by atoms with Gasteiger partial charge in [-0.2, -0.15) is 0 Å². The Hall–Kier alpha value is -1.97. The summed E-state index contributed by atoms with van der Waals surface area (Å²) in [5.74, 6) is -1.15. The molecule has 0 aromatic carbocycles. The molecule has 6 N–H and O–H groups in total. The van der Waals surface area contributed by atoms with Gasteiger partial charge in [-0.15, -0.1) is 0 Å². The molecule has 6 fully saturated rings. The van der Waals surface area contributed by atoms with E-state index in [4.69, 9.17) is 18.9 Å². The number of carboxylic acid groups (broad SMARTS) is 1. The van der Waals surface area contributed by atoms with Crippen molar-refractivity contribution in [1.29, 1.82) is 0 Å².